The van der Waals surface area contributed by atoms with Gasteiger partial charge in [-0.2, -0.15) is 11.3 Å². The Morgan fingerprint density at radius 1 is 1.19 bits per heavy atom. The lowest BCUT2D eigenvalue weighted by Gasteiger charge is -2.30. The van der Waals surface area contributed by atoms with Crippen molar-refractivity contribution < 1.29 is 9.53 Å². The minimum atomic E-state index is -0.156. The number of nitrogens with zero attached hydrogens (tertiary/aromatic N) is 1. The van der Waals surface area contributed by atoms with Crippen LogP contribution in [0.15, 0.2) is 35.0 Å². The Morgan fingerprint density at radius 2 is 1.96 bits per heavy atom. The molecule has 1 aromatic heterocycles. The molecule has 146 valence electrons. The molecule has 1 N–H and O–H groups in total. The van der Waals surface area contributed by atoms with Crippen molar-refractivity contribution in [2.45, 2.75) is 31.7 Å². The van der Waals surface area contributed by atoms with Gasteiger partial charge in [0, 0.05) is 11.6 Å². The Bertz CT molecular complexity index is 732. The van der Waals surface area contributed by atoms with Crippen LogP contribution in [-0.2, 0) is 4.79 Å². The number of amides is 1. The third-order valence-electron chi connectivity index (χ3n) is 4.75. The van der Waals surface area contributed by atoms with Crippen LogP contribution >= 0.6 is 34.5 Å². The predicted octanol–water partition coefficient (Wildman–Crippen LogP) is 5.17. The van der Waals surface area contributed by atoms with Gasteiger partial charge in [0.1, 0.15) is 5.75 Å². The van der Waals surface area contributed by atoms with Crippen LogP contribution in [-0.4, -0.2) is 37.0 Å². The Morgan fingerprint density at radius 3 is 2.63 bits per heavy atom. The van der Waals surface area contributed by atoms with E-state index >= 15 is 0 Å². The smallest absolute Gasteiger partial charge is 0.258 e. The molecule has 0 radical (unpaired) electrons. The maximum absolute atomic E-state index is 12.3. The molecular formula is C20H24Cl2N2O2S. The van der Waals surface area contributed by atoms with Gasteiger partial charge in [0.15, 0.2) is 6.61 Å². The van der Waals surface area contributed by atoms with Crippen molar-refractivity contribution in [1.29, 1.82) is 0 Å². The lowest BCUT2D eigenvalue weighted by atomic mass is 10.1. The number of likely N-dealkylation sites (tertiary alicyclic amines) is 1. The van der Waals surface area contributed by atoms with Gasteiger partial charge in [-0.1, -0.05) is 36.0 Å². The van der Waals surface area contributed by atoms with Gasteiger partial charge in [-0.25, -0.2) is 0 Å². The van der Waals surface area contributed by atoms with E-state index in [1.54, 1.807) is 29.5 Å². The standard InChI is InChI=1S/C20H24Cl2N2O2S/c21-16-5-6-19(17(22)11-16)26-13-20(25)23-12-18(15-7-10-27-14-15)24-8-3-1-2-4-9-24/h5-7,10-11,14,18H,1-4,8-9,12-13H2,(H,23,25)/t18-/m1/s1. The first kappa shape index (κ1) is 20.5. The fourth-order valence-corrected chi connectivity index (χ4v) is 4.50. The Labute approximate surface area is 174 Å². The highest BCUT2D eigenvalue weighted by Crippen LogP contribution is 2.28. The zero-order valence-electron chi connectivity index (χ0n) is 15.1. The number of carbonyl (C=O) groups excluding carboxylic acids is 1. The molecule has 1 amide bonds. The largest absolute Gasteiger partial charge is 0.482 e. The van der Waals surface area contributed by atoms with Crippen molar-refractivity contribution in [3.63, 3.8) is 0 Å². The Hall–Kier alpha value is -1.27. The van der Waals surface area contributed by atoms with Crippen LogP contribution in [0.1, 0.15) is 37.3 Å². The summed E-state index contributed by atoms with van der Waals surface area (Å²) >= 11 is 13.6. The molecule has 1 aromatic carbocycles. The SMILES string of the molecule is O=C(COc1ccc(Cl)cc1Cl)NC[C@H](c1ccsc1)N1CCCCCC1. The van der Waals surface area contributed by atoms with E-state index < -0.39 is 0 Å². The maximum Gasteiger partial charge on any atom is 0.258 e. The number of carbonyl (C=O) groups is 1. The maximum atomic E-state index is 12.3. The first-order valence-corrected chi connectivity index (χ1v) is 10.9. The minimum Gasteiger partial charge on any atom is -0.482 e. The van der Waals surface area contributed by atoms with Crippen LogP contribution < -0.4 is 10.1 Å². The molecule has 7 heteroatoms. The van der Waals surface area contributed by atoms with Crippen molar-refractivity contribution in [3.05, 3.63) is 50.6 Å². The van der Waals surface area contributed by atoms with Crippen molar-refractivity contribution in [2.24, 2.45) is 0 Å². The third-order valence-corrected chi connectivity index (χ3v) is 5.99. The van der Waals surface area contributed by atoms with E-state index in [2.05, 4.69) is 27.0 Å². The number of halogens is 2. The zero-order valence-corrected chi connectivity index (χ0v) is 17.5. The van der Waals surface area contributed by atoms with Gasteiger partial charge in [-0.3, -0.25) is 9.69 Å². The highest BCUT2D eigenvalue weighted by molar-refractivity contribution is 7.08. The average Bonchev–Trinajstić information content (AvgIpc) is 3.04. The van der Waals surface area contributed by atoms with Gasteiger partial charge in [0.05, 0.1) is 11.1 Å². The summed E-state index contributed by atoms with van der Waals surface area (Å²) < 4.78 is 5.53. The fraction of sp³-hybridized carbons (Fsp3) is 0.450. The van der Waals surface area contributed by atoms with Gasteiger partial charge in [0.25, 0.3) is 5.91 Å². The first-order valence-electron chi connectivity index (χ1n) is 9.24. The second-order valence-corrected chi connectivity index (χ2v) is 8.31. The van der Waals surface area contributed by atoms with Gasteiger partial charge in [0.2, 0.25) is 0 Å². The highest BCUT2D eigenvalue weighted by atomic mass is 35.5. The number of benzene rings is 1. The molecule has 2 aromatic rings. The predicted molar refractivity (Wildman–Crippen MR) is 112 cm³/mol. The van der Waals surface area contributed by atoms with E-state index in [1.165, 1.54) is 31.2 Å². The van der Waals surface area contributed by atoms with E-state index in [0.717, 1.165) is 13.1 Å². The summed E-state index contributed by atoms with van der Waals surface area (Å²) in [6.07, 6.45) is 5.00. The molecule has 1 aliphatic heterocycles. The normalized spacial score (nSPS) is 16.5. The fourth-order valence-electron chi connectivity index (χ4n) is 3.33. The molecule has 1 saturated heterocycles. The van der Waals surface area contributed by atoms with Gasteiger partial charge in [-0.05, 0) is 66.5 Å². The molecular weight excluding hydrogens is 403 g/mol. The average molecular weight is 427 g/mol. The van der Waals surface area contributed by atoms with Crippen molar-refractivity contribution in [3.8, 4) is 5.75 Å². The summed E-state index contributed by atoms with van der Waals surface area (Å²) in [6.45, 7) is 2.66. The van der Waals surface area contributed by atoms with E-state index in [-0.39, 0.29) is 18.6 Å². The summed E-state index contributed by atoms with van der Waals surface area (Å²) in [5.74, 6) is 0.300. The summed E-state index contributed by atoms with van der Waals surface area (Å²) in [5.41, 5.74) is 1.27. The molecule has 1 aliphatic rings. The quantitative estimate of drug-likeness (QED) is 0.663. The lowest BCUT2D eigenvalue weighted by molar-refractivity contribution is -0.123. The summed E-state index contributed by atoms with van der Waals surface area (Å²) in [7, 11) is 0. The number of nitrogens with one attached hydrogen (secondary N) is 1. The first-order chi connectivity index (χ1) is 13.1. The molecule has 0 unspecified atom stereocenters. The Balaban J connectivity index is 1.55. The summed E-state index contributed by atoms with van der Waals surface area (Å²) in [4.78, 5) is 14.8. The van der Waals surface area contributed by atoms with Crippen LogP contribution in [0.3, 0.4) is 0 Å². The minimum absolute atomic E-state index is 0.0717. The molecule has 4 nitrogen and oxygen atoms in total. The second-order valence-electron chi connectivity index (χ2n) is 6.69. The number of hydrogen-bond acceptors (Lipinski definition) is 4. The third kappa shape index (κ3) is 6.11. The van der Waals surface area contributed by atoms with Crippen LogP contribution in [0.25, 0.3) is 0 Å². The van der Waals surface area contributed by atoms with Crippen LogP contribution in [0, 0.1) is 0 Å². The molecule has 0 aliphatic carbocycles. The molecule has 2 heterocycles. The van der Waals surface area contributed by atoms with Crippen molar-refractivity contribution in [1.82, 2.24) is 10.2 Å². The van der Waals surface area contributed by atoms with E-state index in [1.807, 2.05) is 0 Å². The monoisotopic (exact) mass is 426 g/mol. The highest BCUT2D eigenvalue weighted by Gasteiger charge is 2.22. The van der Waals surface area contributed by atoms with Crippen LogP contribution in [0.5, 0.6) is 5.75 Å². The molecule has 0 spiro atoms. The number of hydrogen-bond donors (Lipinski definition) is 1. The van der Waals surface area contributed by atoms with E-state index in [0.29, 0.717) is 22.3 Å². The van der Waals surface area contributed by atoms with Gasteiger partial charge >= 0.3 is 0 Å². The molecule has 27 heavy (non-hydrogen) atoms. The topological polar surface area (TPSA) is 41.6 Å². The van der Waals surface area contributed by atoms with Crippen LogP contribution in [0.4, 0.5) is 0 Å². The zero-order chi connectivity index (χ0) is 19.1. The van der Waals surface area contributed by atoms with Crippen LogP contribution in [0.2, 0.25) is 10.0 Å². The molecule has 1 atom stereocenters. The molecule has 0 bridgehead atoms. The van der Waals surface area contributed by atoms with Crippen molar-refractivity contribution in [2.75, 3.05) is 26.2 Å². The Kier molecular flexibility index (Phi) is 7.82. The summed E-state index contributed by atoms with van der Waals surface area (Å²) in [6, 6.07) is 7.31. The molecule has 0 saturated carbocycles. The van der Waals surface area contributed by atoms with E-state index in [4.69, 9.17) is 27.9 Å². The molecule has 3 rings (SSSR count). The summed E-state index contributed by atoms with van der Waals surface area (Å²) in [5, 5.41) is 8.22. The van der Waals surface area contributed by atoms with Gasteiger partial charge < -0.3 is 10.1 Å². The molecule has 1 fully saturated rings. The lowest BCUT2D eigenvalue weighted by Crippen LogP contribution is -2.40. The number of thiophene rings is 1. The number of ether oxygens (including phenoxy) is 1. The number of rotatable bonds is 7. The van der Waals surface area contributed by atoms with Gasteiger partial charge in [-0.15, -0.1) is 0 Å². The van der Waals surface area contributed by atoms with E-state index in [9.17, 15) is 4.79 Å². The second kappa shape index (κ2) is 10.3. The van der Waals surface area contributed by atoms with Crippen molar-refractivity contribution >= 4 is 40.4 Å².